The number of nitrogens with zero attached hydrogens (tertiary/aromatic N) is 2. The minimum Gasteiger partial charge on any atom is -0.503 e. The van der Waals surface area contributed by atoms with E-state index in [9.17, 15) is 33.2 Å². The number of carboxylic acid groups (broad SMARTS) is 1. The molecule has 11 heteroatoms. The minimum absolute atomic E-state index is 0.374. The van der Waals surface area contributed by atoms with E-state index in [1.807, 2.05) is 0 Å². The average Bonchev–Trinajstić information content (AvgIpc) is 2.21. The van der Waals surface area contributed by atoms with Crippen LogP contribution >= 0.6 is 0 Å². The molecule has 0 aliphatic rings. The summed E-state index contributed by atoms with van der Waals surface area (Å²) in [6, 6.07) is 0. The minimum atomic E-state index is -5.29. The van der Waals surface area contributed by atoms with Crippen molar-refractivity contribution < 1.29 is 37.8 Å². The van der Waals surface area contributed by atoms with Crippen LogP contribution in [0.15, 0.2) is 6.20 Å². The van der Waals surface area contributed by atoms with Gasteiger partial charge in [0.2, 0.25) is 0 Å². The third-order valence-corrected chi connectivity index (χ3v) is 1.80. The van der Waals surface area contributed by atoms with Gasteiger partial charge in [-0.3, -0.25) is 14.9 Å². The number of nitro groups is 1. The number of ether oxygens (including phenoxy) is 1. The largest absolute Gasteiger partial charge is 0.573 e. The number of alkyl halides is 3. The topological polar surface area (TPSA) is 123 Å². The van der Waals surface area contributed by atoms with Gasteiger partial charge < -0.3 is 14.9 Å². The molecule has 0 amide bonds. The molecule has 1 rings (SSSR count). The maximum atomic E-state index is 12.1. The first-order chi connectivity index (χ1) is 8.61. The lowest BCUT2D eigenvalue weighted by Gasteiger charge is -2.11. The fraction of sp³-hybridized carbons (Fsp3) is 0.250. The summed E-state index contributed by atoms with van der Waals surface area (Å²) in [7, 11) is 0. The normalized spacial score (nSPS) is 11.1. The Kier molecular flexibility index (Phi) is 3.77. The van der Waals surface area contributed by atoms with Gasteiger partial charge in [-0.05, 0) is 0 Å². The van der Waals surface area contributed by atoms with E-state index in [2.05, 4.69) is 9.72 Å². The Labute approximate surface area is 102 Å². The molecule has 0 unspecified atom stereocenters. The van der Waals surface area contributed by atoms with Gasteiger partial charge in [-0.25, -0.2) is 4.98 Å². The third-order valence-electron chi connectivity index (χ3n) is 1.80. The van der Waals surface area contributed by atoms with Crippen LogP contribution in [0.1, 0.15) is 5.69 Å². The Balaban J connectivity index is 3.35. The highest BCUT2D eigenvalue weighted by atomic mass is 19.4. The molecule has 0 aromatic carbocycles. The van der Waals surface area contributed by atoms with Crippen molar-refractivity contribution in [1.82, 2.24) is 4.98 Å². The van der Waals surface area contributed by atoms with Crippen LogP contribution in [0.2, 0.25) is 0 Å². The second-order valence-electron chi connectivity index (χ2n) is 3.14. The maximum absolute atomic E-state index is 12.1. The lowest BCUT2D eigenvalue weighted by Crippen LogP contribution is -2.18. The molecule has 0 aliphatic heterocycles. The van der Waals surface area contributed by atoms with E-state index in [4.69, 9.17) is 5.11 Å². The third kappa shape index (κ3) is 3.69. The van der Waals surface area contributed by atoms with Crippen LogP contribution in [0.5, 0.6) is 11.5 Å². The smallest absolute Gasteiger partial charge is 0.503 e. The summed E-state index contributed by atoms with van der Waals surface area (Å²) in [6.45, 7) is 0. The number of carbonyl (C=O) groups is 1. The lowest BCUT2D eigenvalue weighted by atomic mass is 10.2. The predicted octanol–water partition coefficient (Wildman–Crippen LogP) is 1.22. The van der Waals surface area contributed by atoms with Gasteiger partial charge in [-0.2, -0.15) is 0 Å². The molecular formula is C8H5F3N2O6. The van der Waals surface area contributed by atoms with E-state index in [1.54, 1.807) is 0 Å². The fourth-order valence-electron chi connectivity index (χ4n) is 1.13. The van der Waals surface area contributed by atoms with Crippen molar-refractivity contribution in [1.29, 1.82) is 0 Å². The van der Waals surface area contributed by atoms with Gasteiger partial charge in [0.25, 0.3) is 5.75 Å². The molecular weight excluding hydrogens is 277 g/mol. The maximum Gasteiger partial charge on any atom is 0.573 e. The van der Waals surface area contributed by atoms with Crippen LogP contribution < -0.4 is 4.74 Å². The van der Waals surface area contributed by atoms with E-state index < -0.39 is 46.6 Å². The van der Waals surface area contributed by atoms with Gasteiger partial charge in [0.15, 0.2) is 5.75 Å². The molecule has 0 radical (unpaired) electrons. The quantitative estimate of drug-likeness (QED) is 0.628. The highest BCUT2D eigenvalue weighted by Gasteiger charge is 2.37. The molecule has 1 heterocycles. The second kappa shape index (κ2) is 4.96. The zero-order valence-corrected chi connectivity index (χ0v) is 8.84. The summed E-state index contributed by atoms with van der Waals surface area (Å²) in [4.78, 5) is 22.8. The summed E-state index contributed by atoms with van der Waals surface area (Å²) in [5.41, 5.74) is -1.92. The Bertz CT molecular complexity index is 530. The van der Waals surface area contributed by atoms with Crippen LogP contribution in [-0.4, -0.2) is 32.5 Å². The highest BCUT2D eigenvalue weighted by Crippen LogP contribution is 2.40. The van der Waals surface area contributed by atoms with Crippen molar-refractivity contribution in [3.8, 4) is 11.5 Å². The molecule has 1 aromatic heterocycles. The first-order valence-corrected chi connectivity index (χ1v) is 4.44. The predicted molar refractivity (Wildman–Crippen MR) is 50.6 cm³/mol. The van der Waals surface area contributed by atoms with Gasteiger partial charge in [0.1, 0.15) is 6.20 Å². The summed E-state index contributed by atoms with van der Waals surface area (Å²) in [5, 5.41) is 28.3. The SMILES string of the molecule is O=C(O)Cc1ncc([N+](=O)[O-])c(OC(F)(F)F)c1O. The number of hydrogen-bond acceptors (Lipinski definition) is 6. The summed E-state index contributed by atoms with van der Waals surface area (Å²) < 4.78 is 39.5. The molecule has 0 bridgehead atoms. The molecule has 1 aromatic rings. The molecule has 104 valence electrons. The van der Waals surface area contributed by atoms with E-state index in [1.165, 1.54) is 0 Å². The fourth-order valence-corrected chi connectivity index (χ4v) is 1.13. The van der Waals surface area contributed by atoms with Crippen LogP contribution in [0.3, 0.4) is 0 Å². The van der Waals surface area contributed by atoms with Crippen molar-refractivity contribution in [3.05, 3.63) is 22.0 Å². The Morgan fingerprint density at radius 2 is 2.11 bits per heavy atom. The molecule has 0 aliphatic carbocycles. The number of halogens is 3. The number of aromatic hydroxyl groups is 1. The standard InChI is InChI=1S/C8H5F3N2O6/c9-8(10,11)19-7-4(13(17)18)2-12-3(6(7)16)1-5(14)15/h2,16H,1H2,(H,14,15). The van der Waals surface area contributed by atoms with Gasteiger partial charge in [0, 0.05) is 0 Å². The monoisotopic (exact) mass is 282 g/mol. The Morgan fingerprint density at radius 3 is 2.53 bits per heavy atom. The van der Waals surface area contributed by atoms with E-state index >= 15 is 0 Å². The first-order valence-electron chi connectivity index (χ1n) is 4.44. The molecule has 19 heavy (non-hydrogen) atoms. The van der Waals surface area contributed by atoms with Crippen LogP contribution in [0.4, 0.5) is 18.9 Å². The summed E-state index contributed by atoms with van der Waals surface area (Å²) in [5.74, 6) is -4.33. The number of aromatic nitrogens is 1. The zero-order valence-electron chi connectivity index (χ0n) is 8.84. The molecule has 0 fully saturated rings. The zero-order chi connectivity index (χ0) is 14.8. The number of aliphatic carboxylic acids is 1. The van der Waals surface area contributed by atoms with Gasteiger partial charge in [-0.15, -0.1) is 13.2 Å². The van der Waals surface area contributed by atoms with Gasteiger partial charge in [-0.1, -0.05) is 0 Å². The molecule has 8 nitrogen and oxygen atoms in total. The Morgan fingerprint density at radius 1 is 1.53 bits per heavy atom. The average molecular weight is 282 g/mol. The molecule has 0 spiro atoms. The van der Waals surface area contributed by atoms with Gasteiger partial charge >= 0.3 is 18.0 Å². The highest BCUT2D eigenvalue weighted by molar-refractivity contribution is 5.72. The van der Waals surface area contributed by atoms with Crippen molar-refractivity contribution in [2.75, 3.05) is 0 Å². The summed E-state index contributed by atoms with van der Waals surface area (Å²) in [6.07, 6.45) is -5.83. The van der Waals surface area contributed by atoms with Crippen molar-refractivity contribution in [2.45, 2.75) is 12.8 Å². The van der Waals surface area contributed by atoms with Gasteiger partial charge in [0.05, 0.1) is 17.0 Å². The summed E-state index contributed by atoms with van der Waals surface area (Å²) >= 11 is 0. The molecule has 0 saturated heterocycles. The van der Waals surface area contributed by atoms with Crippen molar-refractivity contribution in [3.63, 3.8) is 0 Å². The van der Waals surface area contributed by atoms with Crippen LogP contribution in [0.25, 0.3) is 0 Å². The number of rotatable bonds is 4. The van der Waals surface area contributed by atoms with E-state index in [0.717, 1.165) is 0 Å². The molecule has 2 N–H and O–H groups in total. The van der Waals surface area contributed by atoms with Crippen LogP contribution in [-0.2, 0) is 11.2 Å². The number of carboxylic acids is 1. The van der Waals surface area contributed by atoms with Crippen molar-refractivity contribution >= 4 is 11.7 Å². The van der Waals surface area contributed by atoms with Crippen molar-refractivity contribution in [2.24, 2.45) is 0 Å². The van der Waals surface area contributed by atoms with E-state index in [0.29, 0.717) is 6.20 Å². The van der Waals surface area contributed by atoms with Crippen LogP contribution in [0, 0.1) is 10.1 Å². The number of hydrogen-bond donors (Lipinski definition) is 2. The lowest BCUT2D eigenvalue weighted by molar-refractivity contribution is -0.389. The molecule has 0 saturated carbocycles. The second-order valence-corrected chi connectivity index (χ2v) is 3.14. The van der Waals surface area contributed by atoms with E-state index in [-0.39, 0.29) is 0 Å². The first kappa shape index (κ1) is 14.5. The number of pyridine rings is 1. The molecule has 0 atom stereocenters. The Hall–Kier alpha value is -2.59.